The van der Waals surface area contributed by atoms with Crippen LogP contribution in [0.15, 0.2) is 0 Å². The molecular weight excluding hydrogens is 200 g/mol. The third-order valence-electron chi connectivity index (χ3n) is 4.22. The van der Waals surface area contributed by atoms with Crippen LogP contribution in [0.3, 0.4) is 0 Å². The minimum Gasteiger partial charge on any atom is -0.312 e. The zero-order chi connectivity index (χ0) is 11.2. The fourth-order valence-electron chi connectivity index (χ4n) is 3.18. The maximum atomic E-state index is 4.45. The largest absolute Gasteiger partial charge is 0.312 e. The molecule has 4 heteroatoms. The second-order valence-electron chi connectivity index (χ2n) is 5.74. The second-order valence-corrected chi connectivity index (χ2v) is 5.74. The van der Waals surface area contributed by atoms with Gasteiger partial charge in [-0.3, -0.25) is 0 Å². The van der Waals surface area contributed by atoms with Gasteiger partial charge in [0.2, 0.25) is 0 Å². The first-order valence-corrected chi connectivity index (χ1v) is 6.31. The monoisotopic (exact) mass is 220 g/mol. The van der Waals surface area contributed by atoms with E-state index in [0.717, 1.165) is 25.5 Å². The summed E-state index contributed by atoms with van der Waals surface area (Å²) >= 11 is 0. The lowest BCUT2D eigenvalue weighted by Gasteiger charge is -2.27. The Morgan fingerprint density at radius 2 is 2.25 bits per heavy atom. The quantitative estimate of drug-likeness (QED) is 0.783. The highest BCUT2D eigenvalue weighted by Gasteiger charge is 2.39. The Balaban J connectivity index is 1.97. The molecule has 1 aliphatic heterocycles. The minimum atomic E-state index is 0.397. The van der Waals surface area contributed by atoms with Crippen molar-refractivity contribution in [2.24, 2.45) is 5.41 Å². The van der Waals surface area contributed by atoms with E-state index in [1.54, 1.807) is 0 Å². The zero-order valence-electron chi connectivity index (χ0n) is 10.2. The first-order chi connectivity index (χ1) is 7.68. The van der Waals surface area contributed by atoms with Crippen LogP contribution in [-0.4, -0.2) is 21.3 Å². The molecule has 1 N–H and O–H groups in total. The Morgan fingerprint density at radius 3 is 3.00 bits per heavy atom. The van der Waals surface area contributed by atoms with Gasteiger partial charge in [0.1, 0.15) is 11.6 Å². The summed E-state index contributed by atoms with van der Waals surface area (Å²) in [5.41, 5.74) is 0.397. The van der Waals surface area contributed by atoms with Gasteiger partial charge in [-0.1, -0.05) is 20.3 Å². The van der Waals surface area contributed by atoms with Gasteiger partial charge >= 0.3 is 0 Å². The Kier molecular flexibility index (Phi) is 2.28. The topological polar surface area (TPSA) is 42.7 Å². The molecule has 1 aromatic heterocycles. The second kappa shape index (κ2) is 3.55. The van der Waals surface area contributed by atoms with Crippen LogP contribution in [0, 0.1) is 5.41 Å². The van der Waals surface area contributed by atoms with E-state index >= 15 is 0 Å². The minimum absolute atomic E-state index is 0.397. The smallest absolute Gasteiger partial charge is 0.147 e. The maximum Gasteiger partial charge on any atom is 0.147 e. The number of hydrogen-bond donors (Lipinski definition) is 1. The van der Waals surface area contributed by atoms with Crippen LogP contribution >= 0.6 is 0 Å². The van der Waals surface area contributed by atoms with Gasteiger partial charge in [-0.15, -0.1) is 10.2 Å². The molecule has 0 saturated heterocycles. The highest BCUT2D eigenvalue weighted by molar-refractivity contribution is 5.10. The highest BCUT2D eigenvalue weighted by atomic mass is 15.3. The molecule has 1 aliphatic carbocycles. The van der Waals surface area contributed by atoms with Crippen molar-refractivity contribution in [2.75, 3.05) is 6.54 Å². The van der Waals surface area contributed by atoms with Crippen LogP contribution in [0.5, 0.6) is 0 Å². The molecule has 1 aromatic rings. The van der Waals surface area contributed by atoms with Crippen molar-refractivity contribution in [3.05, 3.63) is 11.6 Å². The SMILES string of the molecule is CC1(C)CCCC1c1nnc2n1CCNC2. The van der Waals surface area contributed by atoms with Crippen LogP contribution in [0.1, 0.15) is 50.7 Å². The normalized spacial score (nSPS) is 28.0. The molecule has 0 aromatic carbocycles. The van der Waals surface area contributed by atoms with Crippen molar-refractivity contribution >= 4 is 0 Å². The maximum absolute atomic E-state index is 4.45. The van der Waals surface area contributed by atoms with Crippen molar-refractivity contribution in [1.82, 2.24) is 20.1 Å². The molecule has 16 heavy (non-hydrogen) atoms. The molecule has 1 fully saturated rings. The van der Waals surface area contributed by atoms with Crippen molar-refractivity contribution in [3.8, 4) is 0 Å². The number of aromatic nitrogens is 3. The van der Waals surface area contributed by atoms with Gasteiger partial charge in [0.25, 0.3) is 0 Å². The average molecular weight is 220 g/mol. The molecule has 0 amide bonds. The lowest BCUT2D eigenvalue weighted by atomic mass is 9.81. The Labute approximate surface area is 96.4 Å². The lowest BCUT2D eigenvalue weighted by molar-refractivity contribution is 0.311. The Morgan fingerprint density at radius 1 is 1.38 bits per heavy atom. The molecule has 4 nitrogen and oxygen atoms in total. The summed E-state index contributed by atoms with van der Waals surface area (Å²) in [5.74, 6) is 2.95. The van der Waals surface area contributed by atoms with Crippen molar-refractivity contribution in [2.45, 2.75) is 52.1 Å². The van der Waals surface area contributed by atoms with E-state index < -0.39 is 0 Å². The van der Waals surface area contributed by atoms with Gasteiger partial charge in [0.05, 0.1) is 6.54 Å². The van der Waals surface area contributed by atoms with E-state index in [2.05, 4.69) is 33.9 Å². The van der Waals surface area contributed by atoms with E-state index in [-0.39, 0.29) is 0 Å². The standard InChI is InChI=1S/C12H20N4/c1-12(2)5-3-4-9(12)11-15-14-10-8-13-6-7-16(10)11/h9,13H,3-8H2,1-2H3. The van der Waals surface area contributed by atoms with E-state index in [1.807, 2.05) is 0 Å². The van der Waals surface area contributed by atoms with E-state index in [1.165, 1.54) is 25.1 Å². The van der Waals surface area contributed by atoms with Crippen LogP contribution in [0.4, 0.5) is 0 Å². The summed E-state index contributed by atoms with van der Waals surface area (Å²) in [5, 5.41) is 12.1. The van der Waals surface area contributed by atoms with Crippen LogP contribution in [-0.2, 0) is 13.1 Å². The predicted octanol–water partition coefficient (Wildman–Crippen LogP) is 1.67. The Bertz CT molecular complexity index is 394. The van der Waals surface area contributed by atoms with E-state index in [9.17, 15) is 0 Å². The summed E-state index contributed by atoms with van der Waals surface area (Å²) in [7, 11) is 0. The summed E-state index contributed by atoms with van der Waals surface area (Å²) in [6, 6.07) is 0. The van der Waals surface area contributed by atoms with Crippen molar-refractivity contribution in [1.29, 1.82) is 0 Å². The van der Waals surface area contributed by atoms with Gasteiger partial charge in [-0.25, -0.2) is 0 Å². The molecule has 0 radical (unpaired) electrons. The lowest BCUT2D eigenvalue weighted by Crippen LogP contribution is -2.30. The molecule has 0 spiro atoms. The fraction of sp³-hybridized carbons (Fsp3) is 0.833. The molecule has 88 valence electrons. The predicted molar refractivity (Wildman–Crippen MR) is 62.1 cm³/mol. The van der Waals surface area contributed by atoms with E-state index in [4.69, 9.17) is 0 Å². The molecule has 2 heterocycles. The summed E-state index contributed by atoms with van der Waals surface area (Å²) < 4.78 is 2.34. The van der Waals surface area contributed by atoms with Crippen LogP contribution < -0.4 is 5.32 Å². The van der Waals surface area contributed by atoms with Gasteiger partial charge in [0.15, 0.2) is 0 Å². The number of rotatable bonds is 1. The first kappa shape index (κ1) is 10.3. The van der Waals surface area contributed by atoms with Crippen LogP contribution in [0.2, 0.25) is 0 Å². The molecule has 0 bridgehead atoms. The van der Waals surface area contributed by atoms with Gasteiger partial charge in [-0.05, 0) is 18.3 Å². The molecule has 1 saturated carbocycles. The van der Waals surface area contributed by atoms with E-state index in [0.29, 0.717) is 11.3 Å². The highest BCUT2D eigenvalue weighted by Crippen LogP contribution is 2.48. The molecule has 1 unspecified atom stereocenters. The molecule has 3 rings (SSSR count). The zero-order valence-corrected chi connectivity index (χ0v) is 10.2. The van der Waals surface area contributed by atoms with Crippen molar-refractivity contribution in [3.63, 3.8) is 0 Å². The summed E-state index contributed by atoms with van der Waals surface area (Å²) in [6.07, 6.45) is 3.93. The number of nitrogens with zero attached hydrogens (tertiary/aromatic N) is 3. The molecular formula is C12H20N4. The molecule has 1 atom stereocenters. The van der Waals surface area contributed by atoms with Crippen LogP contribution in [0.25, 0.3) is 0 Å². The number of hydrogen-bond acceptors (Lipinski definition) is 3. The Hall–Kier alpha value is -0.900. The number of fused-ring (bicyclic) bond motifs is 1. The summed E-state index contributed by atoms with van der Waals surface area (Å²) in [6.45, 7) is 7.69. The first-order valence-electron chi connectivity index (χ1n) is 6.31. The third-order valence-corrected chi connectivity index (χ3v) is 4.22. The molecule has 2 aliphatic rings. The van der Waals surface area contributed by atoms with Gasteiger partial charge in [-0.2, -0.15) is 0 Å². The fourth-order valence-corrected chi connectivity index (χ4v) is 3.18. The van der Waals surface area contributed by atoms with Crippen molar-refractivity contribution < 1.29 is 0 Å². The third kappa shape index (κ3) is 1.47. The van der Waals surface area contributed by atoms with Gasteiger partial charge < -0.3 is 9.88 Å². The summed E-state index contributed by atoms with van der Waals surface area (Å²) in [4.78, 5) is 0. The number of nitrogens with one attached hydrogen (secondary N) is 1. The van der Waals surface area contributed by atoms with Gasteiger partial charge in [0, 0.05) is 19.0 Å². The average Bonchev–Trinajstić information content (AvgIpc) is 2.81.